The molecule has 2 amide bonds. The van der Waals surface area contributed by atoms with E-state index in [2.05, 4.69) is 0 Å². The third-order valence-electron chi connectivity index (χ3n) is 3.24. The summed E-state index contributed by atoms with van der Waals surface area (Å²) in [5.74, 6) is 0.0751. The number of carbonyl (C=O) groups is 2. The van der Waals surface area contributed by atoms with Gasteiger partial charge in [0.15, 0.2) is 0 Å². The summed E-state index contributed by atoms with van der Waals surface area (Å²) >= 11 is 1.70. The molecule has 0 aromatic rings. The average molecular weight is 274 g/mol. The SMILES string of the molecule is CSCCN(C)C(=O)N1CCCCC1CC(=O)O. The molecule has 1 N–H and O–H groups in total. The van der Waals surface area contributed by atoms with Gasteiger partial charge >= 0.3 is 12.0 Å². The van der Waals surface area contributed by atoms with Gasteiger partial charge in [-0.3, -0.25) is 4.79 Å². The highest BCUT2D eigenvalue weighted by Gasteiger charge is 2.29. The molecule has 0 saturated carbocycles. The first kappa shape index (κ1) is 15.1. The van der Waals surface area contributed by atoms with E-state index in [0.717, 1.165) is 25.0 Å². The molecule has 1 rings (SSSR count). The lowest BCUT2D eigenvalue weighted by atomic mass is 10.00. The van der Waals surface area contributed by atoms with Gasteiger partial charge < -0.3 is 14.9 Å². The Balaban J connectivity index is 2.58. The summed E-state index contributed by atoms with van der Waals surface area (Å²) in [6.07, 6.45) is 4.84. The molecule has 1 saturated heterocycles. The predicted octanol–water partition coefficient (Wildman–Crippen LogP) is 1.73. The van der Waals surface area contributed by atoms with Crippen molar-refractivity contribution < 1.29 is 14.7 Å². The van der Waals surface area contributed by atoms with Crippen molar-refractivity contribution in [2.45, 2.75) is 31.7 Å². The van der Waals surface area contributed by atoms with Crippen molar-refractivity contribution in [2.24, 2.45) is 0 Å². The van der Waals surface area contributed by atoms with Crippen molar-refractivity contribution >= 4 is 23.8 Å². The fourth-order valence-electron chi connectivity index (χ4n) is 2.21. The second-order valence-corrected chi connectivity index (χ2v) is 5.62. The highest BCUT2D eigenvalue weighted by atomic mass is 32.2. The number of hydrogen-bond donors (Lipinski definition) is 1. The summed E-state index contributed by atoms with van der Waals surface area (Å²) in [5, 5.41) is 8.89. The molecule has 1 aliphatic heterocycles. The van der Waals surface area contributed by atoms with Crippen LogP contribution in [0, 0.1) is 0 Å². The second-order valence-electron chi connectivity index (χ2n) is 4.64. The molecule has 1 heterocycles. The van der Waals surface area contributed by atoms with Gasteiger partial charge in [-0.25, -0.2) is 4.79 Å². The number of urea groups is 1. The van der Waals surface area contributed by atoms with Crippen LogP contribution < -0.4 is 0 Å². The Bertz CT molecular complexity index is 299. The summed E-state index contributed by atoms with van der Waals surface area (Å²) in [6.45, 7) is 1.39. The predicted molar refractivity (Wildman–Crippen MR) is 73.0 cm³/mol. The molecule has 18 heavy (non-hydrogen) atoms. The van der Waals surface area contributed by atoms with Crippen molar-refractivity contribution in [2.75, 3.05) is 32.1 Å². The van der Waals surface area contributed by atoms with Gasteiger partial charge in [-0.15, -0.1) is 0 Å². The van der Waals surface area contributed by atoms with Gasteiger partial charge in [-0.1, -0.05) is 0 Å². The van der Waals surface area contributed by atoms with Crippen molar-refractivity contribution in [3.8, 4) is 0 Å². The number of amides is 2. The number of piperidine rings is 1. The van der Waals surface area contributed by atoms with Crippen LogP contribution in [0.1, 0.15) is 25.7 Å². The lowest BCUT2D eigenvalue weighted by Crippen LogP contribution is -2.50. The molecular formula is C12H22N2O3S. The van der Waals surface area contributed by atoms with Crippen molar-refractivity contribution in [1.29, 1.82) is 0 Å². The minimum Gasteiger partial charge on any atom is -0.481 e. The molecular weight excluding hydrogens is 252 g/mol. The van der Waals surface area contributed by atoms with E-state index in [4.69, 9.17) is 5.11 Å². The monoisotopic (exact) mass is 274 g/mol. The number of rotatable bonds is 5. The summed E-state index contributed by atoms with van der Waals surface area (Å²) in [7, 11) is 1.78. The number of hydrogen-bond acceptors (Lipinski definition) is 3. The van der Waals surface area contributed by atoms with Crippen LogP contribution in [0.4, 0.5) is 4.79 Å². The Morgan fingerprint density at radius 1 is 1.44 bits per heavy atom. The van der Waals surface area contributed by atoms with Gasteiger partial charge in [0, 0.05) is 31.9 Å². The van der Waals surface area contributed by atoms with E-state index in [9.17, 15) is 9.59 Å². The number of likely N-dealkylation sites (tertiary alicyclic amines) is 1. The quantitative estimate of drug-likeness (QED) is 0.829. The molecule has 0 aromatic heterocycles. The molecule has 104 valence electrons. The van der Waals surface area contributed by atoms with E-state index >= 15 is 0 Å². The van der Waals surface area contributed by atoms with Crippen LogP contribution in [0.3, 0.4) is 0 Å². The first-order valence-electron chi connectivity index (χ1n) is 6.28. The Kier molecular flexibility index (Phi) is 6.32. The van der Waals surface area contributed by atoms with Crippen molar-refractivity contribution in [3.05, 3.63) is 0 Å². The third-order valence-corrected chi connectivity index (χ3v) is 3.83. The van der Waals surface area contributed by atoms with Crippen LogP contribution in [0.25, 0.3) is 0 Å². The van der Waals surface area contributed by atoms with Crippen molar-refractivity contribution in [3.63, 3.8) is 0 Å². The molecule has 0 aromatic carbocycles. The van der Waals surface area contributed by atoms with Crippen molar-refractivity contribution in [1.82, 2.24) is 9.80 Å². The lowest BCUT2D eigenvalue weighted by Gasteiger charge is -2.37. The Morgan fingerprint density at radius 3 is 2.78 bits per heavy atom. The standard InChI is InChI=1S/C12H22N2O3S/c1-13(7-8-18-2)12(17)14-6-4-3-5-10(14)9-11(15)16/h10H,3-9H2,1-2H3,(H,15,16). The van der Waals surface area contributed by atoms with Crippen LogP contribution in [-0.2, 0) is 4.79 Å². The summed E-state index contributed by atoms with van der Waals surface area (Å²) in [4.78, 5) is 26.5. The molecule has 1 atom stereocenters. The van der Waals surface area contributed by atoms with Gasteiger partial charge in [0.25, 0.3) is 0 Å². The fourth-order valence-corrected chi connectivity index (χ4v) is 2.67. The van der Waals surface area contributed by atoms with Gasteiger partial charge in [-0.05, 0) is 25.5 Å². The molecule has 6 heteroatoms. The highest BCUT2D eigenvalue weighted by molar-refractivity contribution is 7.98. The van der Waals surface area contributed by atoms with Crippen LogP contribution in [0.15, 0.2) is 0 Å². The number of aliphatic carboxylic acids is 1. The van der Waals surface area contributed by atoms with Gasteiger partial charge in [0.1, 0.15) is 0 Å². The van der Waals surface area contributed by atoms with E-state index in [1.807, 2.05) is 6.26 Å². The smallest absolute Gasteiger partial charge is 0.320 e. The topological polar surface area (TPSA) is 60.9 Å². The van der Waals surface area contributed by atoms with Crippen LogP contribution >= 0.6 is 11.8 Å². The van der Waals surface area contributed by atoms with E-state index in [1.54, 1.807) is 28.6 Å². The molecule has 1 aliphatic rings. The molecule has 5 nitrogen and oxygen atoms in total. The first-order valence-corrected chi connectivity index (χ1v) is 7.68. The maximum atomic E-state index is 12.2. The zero-order valence-corrected chi connectivity index (χ0v) is 11.9. The molecule has 1 unspecified atom stereocenters. The maximum absolute atomic E-state index is 12.2. The zero-order chi connectivity index (χ0) is 13.5. The van der Waals surface area contributed by atoms with Crippen LogP contribution in [0.2, 0.25) is 0 Å². The average Bonchev–Trinajstić information content (AvgIpc) is 2.35. The van der Waals surface area contributed by atoms with E-state index < -0.39 is 5.97 Å². The maximum Gasteiger partial charge on any atom is 0.320 e. The number of thioether (sulfide) groups is 1. The zero-order valence-electron chi connectivity index (χ0n) is 11.1. The number of carboxylic acids is 1. The third kappa shape index (κ3) is 4.40. The van der Waals surface area contributed by atoms with Gasteiger partial charge in [-0.2, -0.15) is 11.8 Å². The minimum atomic E-state index is -0.827. The molecule has 0 bridgehead atoms. The van der Waals surface area contributed by atoms with E-state index in [1.165, 1.54) is 0 Å². The highest BCUT2D eigenvalue weighted by Crippen LogP contribution is 2.21. The van der Waals surface area contributed by atoms with E-state index in [0.29, 0.717) is 13.1 Å². The number of carboxylic acid groups (broad SMARTS) is 1. The summed E-state index contributed by atoms with van der Waals surface area (Å²) in [6, 6.07) is -0.171. The largest absolute Gasteiger partial charge is 0.481 e. The Hall–Kier alpha value is -0.910. The Morgan fingerprint density at radius 2 is 2.17 bits per heavy atom. The second kappa shape index (κ2) is 7.51. The van der Waals surface area contributed by atoms with E-state index in [-0.39, 0.29) is 18.5 Å². The Labute approximate surface area is 113 Å². The molecule has 0 aliphatic carbocycles. The lowest BCUT2D eigenvalue weighted by molar-refractivity contribution is -0.138. The van der Waals surface area contributed by atoms with Crippen LogP contribution in [0.5, 0.6) is 0 Å². The summed E-state index contributed by atoms with van der Waals surface area (Å²) < 4.78 is 0. The normalized spacial score (nSPS) is 19.7. The molecule has 0 spiro atoms. The number of nitrogens with zero attached hydrogens (tertiary/aromatic N) is 2. The van der Waals surface area contributed by atoms with Crippen LogP contribution in [-0.4, -0.2) is 65.1 Å². The molecule has 0 radical (unpaired) electrons. The van der Waals surface area contributed by atoms with Gasteiger partial charge in [0.05, 0.1) is 6.42 Å². The van der Waals surface area contributed by atoms with Gasteiger partial charge in [0.2, 0.25) is 0 Å². The molecule has 1 fully saturated rings. The summed E-state index contributed by atoms with van der Waals surface area (Å²) in [5.41, 5.74) is 0. The first-order chi connectivity index (χ1) is 8.56. The number of carbonyl (C=O) groups excluding carboxylic acids is 1. The minimum absolute atomic E-state index is 0.0324. The fraction of sp³-hybridized carbons (Fsp3) is 0.833.